The average molecular weight is 244 g/mol. The number of benzene rings is 1. The number of thioether (sulfide) groups is 1. The quantitative estimate of drug-likeness (QED) is 0.653. The smallest absolute Gasteiger partial charge is 0.335 e. The van der Waals surface area contributed by atoms with E-state index in [1.165, 1.54) is 19.2 Å². The number of halogens is 1. The summed E-state index contributed by atoms with van der Waals surface area (Å²) in [4.78, 5) is 11.1. The highest BCUT2D eigenvalue weighted by molar-refractivity contribution is 8.03. The second kappa shape index (κ2) is 4.91. The fourth-order valence-corrected chi connectivity index (χ4v) is 1.94. The van der Waals surface area contributed by atoms with E-state index in [-0.39, 0.29) is 10.6 Å². The first-order chi connectivity index (χ1) is 7.10. The number of carbonyl (C=O) groups is 1. The van der Waals surface area contributed by atoms with Crippen molar-refractivity contribution < 1.29 is 14.6 Å². The van der Waals surface area contributed by atoms with Crippen LogP contribution in [0.3, 0.4) is 0 Å². The Bertz CT molecular complexity index is 442. The van der Waals surface area contributed by atoms with Crippen molar-refractivity contribution in [1.29, 1.82) is 5.26 Å². The van der Waals surface area contributed by atoms with Crippen LogP contribution in [-0.2, 0) is 0 Å². The lowest BCUT2D eigenvalue weighted by Crippen LogP contribution is -1.98. The van der Waals surface area contributed by atoms with Crippen molar-refractivity contribution in [3.05, 3.63) is 22.7 Å². The van der Waals surface area contributed by atoms with Gasteiger partial charge < -0.3 is 9.84 Å². The molecule has 1 aromatic rings. The van der Waals surface area contributed by atoms with Crippen LogP contribution in [-0.4, -0.2) is 18.2 Å². The molecular weight excluding hydrogens is 238 g/mol. The van der Waals surface area contributed by atoms with Gasteiger partial charge in [-0.25, -0.2) is 4.79 Å². The summed E-state index contributed by atoms with van der Waals surface area (Å²) in [6.45, 7) is 0. The van der Waals surface area contributed by atoms with E-state index < -0.39 is 5.97 Å². The molecule has 4 nitrogen and oxygen atoms in total. The standard InChI is InChI=1S/C9H6ClNO3S/c1-14-8-6(10)2-5(9(12)13)3-7(8)15-4-11/h2-3H,1H3,(H,12,13). The molecule has 0 bridgehead atoms. The number of thiocyanates is 1. The molecule has 78 valence electrons. The summed E-state index contributed by atoms with van der Waals surface area (Å²) in [7, 11) is 1.41. The number of rotatable bonds is 3. The Kier molecular flexibility index (Phi) is 3.83. The van der Waals surface area contributed by atoms with Gasteiger partial charge in [0.15, 0.2) is 5.75 Å². The molecular formula is C9H6ClNO3S. The maximum atomic E-state index is 10.7. The molecule has 0 aliphatic heterocycles. The summed E-state index contributed by atoms with van der Waals surface area (Å²) in [5.41, 5.74) is 0.0264. The number of ether oxygens (including phenoxy) is 1. The monoisotopic (exact) mass is 243 g/mol. The van der Waals surface area contributed by atoms with Gasteiger partial charge in [-0.3, -0.25) is 0 Å². The molecule has 0 unspecified atom stereocenters. The fourth-order valence-electron chi connectivity index (χ4n) is 1.01. The van der Waals surface area contributed by atoms with E-state index in [2.05, 4.69) is 0 Å². The van der Waals surface area contributed by atoms with Crippen molar-refractivity contribution in [1.82, 2.24) is 0 Å². The molecule has 1 rings (SSSR count). The maximum Gasteiger partial charge on any atom is 0.335 e. The number of hydrogen-bond donors (Lipinski definition) is 1. The van der Waals surface area contributed by atoms with Crippen LogP contribution in [0, 0.1) is 10.7 Å². The summed E-state index contributed by atoms with van der Waals surface area (Å²) in [6.07, 6.45) is 0. The van der Waals surface area contributed by atoms with Gasteiger partial charge in [0.25, 0.3) is 0 Å². The van der Waals surface area contributed by atoms with E-state index in [1.54, 1.807) is 0 Å². The molecule has 1 N–H and O–H groups in total. The zero-order valence-electron chi connectivity index (χ0n) is 7.65. The molecule has 0 amide bonds. The van der Waals surface area contributed by atoms with Gasteiger partial charge in [-0.2, -0.15) is 5.26 Å². The summed E-state index contributed by atoms with van der Waals surface area (Å²) in [5.74, 6) is -0.785. The van der Waals surface area contributed by atoms with Gasteiger partial charge in [-0.1, -0.05) is 11.6 Å². The Morgan fingerprint density at radius 3 is 2.80 bits per heavy atom. The third kappa shape index (κ3) is 2.55. The lowest BCUT2D eigenvalue weighted by atomic mass is 10.2. The zero-order chi connectivity index (χ0) is 11.4. The predicted octanol–water partition coefficient (Wildman–Crippen LogP) is 2.62. The lowest BCUT2D eigenvalue weighted by molar-refractivity contribution is 0.0696. The van der Waals surface area contributed by atoms with Crippen molar-refractivity contribution in [2.75, 3.05) is 7.11 Å². The topological polar surface area (TPSA) is 70.3 Å². The van der Waals surface area contributed by atoms with Crippen molar-refractivity contribution in [2.24, 2.45) is 0 Å². The molecule has 15 heavy (non-hydrogen) atoms. The normalized spacial score (nSPS) is 9.40. The van der Waals surface area contributed by atoms with Crippen molar-refractivity contribution in [2.45, 2.75) is 4.90 Å². The van der Waals surface area contributed by atoms with Crippen LogP contribution < -0.4 is 4.74 Å². The number of aromatic carboxylic acids is 1. The fraction of sp³-hybridized carbons (Fsp3) is 0.111. The second-order valence-corrected chi connectivity index (χ2v) is 3.72. The summed E-state index contributed by atoms with van der Waals surface area (Å²) in [5, 5.41) is 19.3. The predicted molar refractivity (Wildman–Crippen MR) is 56.4 cm³/mol. The highest BCUT2D eigenvalue weighted by atomic mass is 35.5. The van der Waals surface area contributed by atoms with Gasteiger partial charge in [0, 0.05) is 0 Å². The number of methoxy groups -OCH3 is 1. The minimum Gasteiger partial charge on any atom is -0.494 e. The van der Waals surface area contributed by atoms with Crippen molar-refractivity contribution >= 4 is 29.3 Å². The van der Waals surface area contributed by atoms with E-state index in [0.29, 0.717) is 10.6 Å². The van der Waals surface area contributed by atoms with Gasteiger partial charge in [0.1, 0.15) is 5.40 Å². The Morgan fingerprint density at radius 1 is 1.67 bits per heavy atom. The highest BCUT2D eigenvalue weighted by Gasteiger charge is 2.14. The van der Waals surface area contributed by atoms with Crippen molar-refractivity contribution in [3.63, 3.8) is 0 Å². The van der Waals surface area contributed by atoms with Gasteiger partial charge in [0.2, 0.25) is 0 Å². The van der Waals surface area contributed by atoms with Gasteiger partial charge in [0.05, 0.1) is 22.6 Å². The third-order valence-corrected chi connectivity index (χ3v) is 2.51. The van der Waals surface area contributed by atoms with Crippen LogP contribution in [0.2, 0.25) is 5.02 Å². The minimum atomic E-state index is -1.10. The second-order valence-electron chi connectivity index (χ2n) is 2.49. The van der Waals surface area contributed by atoms with Gasteiger partial charge in [-0.05, 0) is 23.9 Å². The Labute approximate surface area is 95.4 Å². The van der Waals surface area contributed by atoms with E-state index in [9.17, 15) is 4.79 Å². The van der Waals surface area contributed by atoms with Crippen LogP contribution in [0.15, 0.2) is 17.0 Å². The molecule has 0 heterocycles. The van der Waals surface area contributed by atoms with Gasteiger partial charge in [-0.15, -0.1) is 0 Å². The first-order valence-electron chi connectivity index (χ1n) is 3.77. The average Bonchev–Trinajstić information content (AvgIpc) is 2.17. The zero-order valence-corrected chi connectivity index (χ0v) is 9.22. The maximum absolute atomic E-state index is 10.7. The Hall–Kier alpha value is -1.38. The third-order valence-electron chi connectivity index (χ3n) is 1.62. The van der Waals surface area contributed by atoms with Crippen molar-refractivity contribution in [3.8, 4) is 11.2 Å². The van der Waals surface area contributed by atoms with Crippen LogP contribution in [0.1, 0.15) is 10.4 Å². The van der Waals surface area contributed by atoms with E-state index in [1.807, 2.05) is 5.40 Å². The molecule has 0 saturated carbocycles. The number of carboxylic acid groups (broad SMARTS) is 1. The summed E-state index contributed by atoms with van der Waals surface area (Å²) in [6, 6.07) is 2.63. The molecule has 0 saturated heterocycles. The number of nitriles is 1. The molecule has 0 spiro atoms. The first-order valence-corrected chi connectivity index (χ1v) is 4.96. The largest absolute Gasteiger partial charge is 0.494 e. The van der Waals surface area contributed by atoms with Crippen LogP contribution in [0.5, 0.6) is 5.75 Å². The number of hydrogen-bond acceptors (Lipinski definition) is 4. The van der Waals surface area contributed by atoms with E-state index in [0.717, 1.165) is 11.8 Å². The molecule has 0 aromatic heterocycles. The van der Waals surface area contributed by atoms with E-state index in [4.69, 9.17) is 26.7 Å². The lowest BCUT2D eigenvalue weighted by Gasteiger charge is -2.08. The molecule has 6 heteroatoms. The molecule has 0 atom stereocenters. The van der Waals surface area contributed by atoms with Gasteiger partial charge >= 0.3 is 5.97 Å². The van der Waals surface area contributed by atoms with E-state index >= 15 is 0 Å². The number of nitrogens with zero attached hydrogens (tertiary/aromatic N) is 1. The first kappa shape index (κ1) is 11.7. The molecule has 0 aliphatic rings. The highest BCUT2D eigenvalue weighted by Crippen LogP contribution is 2.36. The molecule has 0 aliphatic carbocycles. The van der Waals surface area contributed by atoms with Crippen LogP contribution in [0.25, 0.3) is 0 Å². The number of carboxylic acids is 1. The Balaban J connectivity index is 3.33. The van der Waals surface area contributed by atoms with Crippen LogP contribution >= 0.6 is 23.4 Å². The van der Waals surface area contributed by atoms with Crippen LogP contribution in [0.4, 0.5) is 0 Å². The molecule has 0 fully saturated rings. The summed E-state index contributed by atoms with van der Waals surface area (Å²) >= 11 is 6.61. The SMILES string of the molecule is COc1c(Cl)cc(C(=O)O)cc1SC#N. The minimum absolute atomic E-state index is 0.0264. The molecule has 1 aromatic carbocycles. The molecule has 0 radical (unpaired) electrons. The summed E-state index contributed by atoms with van der Waals surface area (Å²) < 4.78 is 4.97. The Morgan fingerprint density at radius 2 is 2.33 bits per heavy atom.